The van der Waals surface area contributed by atoms with Crippen molar-refractivity contribution in [1.29, 1.82) is 0 Å². The van der Waals surface area contributed by atoms with E-state index in [0.29, 0.717) is 23.8 Å². The number of carboxylic acid groups (broad SMARTS) is 2. The number of oxime groups is 1. The number of tetrazole rings is 1. The normalized spacial score (nSPS) is 18.8. The van der Waals surface area contributed by atoms with E-state index in [0.717, 1.165) is 16.4 Å². The van der Waals surface area contributed by atoms with Gasteiger partial charge in [-0.3, -0.25) is 14.5 Å². The van der Waals surface area contributed by atoms with E-state index in [2.05, 4.69) is 35.4 Å². The maximum Gasteiger partial charge on any atom is 0.352 e. The molecule has 3 aromatic rings. The number of anilines is 1. The van der Waals surface area contributed by atoms with E-state index in [-0.39, 0.29) is 33.7 Å². The van der Waals surface area contributed by atoms with Crippen LogP contribution in [0.25, 0.3) is 0 Å². The van der Waals surface area contributed by atoms with Crippen molar-refractivity contribution in [2.45, 2.75) is 29.2 Å². The molecule has 4 heterocycles. The van der Waals surface area contributed by atoms with Gasteiger partial charge in [-0.05, 0) is 16.0 Å². The number of carbonyl (C=O) groups is 4. The largest absolute Gasteiger partial charge is 0.478 e. The van der Waals surface area contributed by atoms with Crippen molar-refractivity contribution in [1.82, 2.24) is 39.8 Å². The van der Waals surface area contributed by atoms with Gasteiger partial charge in [0.1, 0.15) is 17.1 Å². The van der Waals surface area contributed by atoms with Gasteiger partial charge in [0.2, 0.25) is 22.8 Å². The van der Waals surface area contributed by atoms with Gasteiger partial charge < -0.3 is 31.8 Å². The Morgan fingerprint density at radius 3 is 2.68 bits per heavy atom. The third-order valence-electron chi connectivity index (χ3n) is 6.20. The molecule has 0 radical (unpaired) electrons. The summed E-state index contributed by atoms with van der Waals surface area (Å²) < 4.78 is 5.46. The highest BCUT2D eigenvalue weighted by atomic mass is 32.2. The molecule has 2 aromatic heterocycles. The van der Waals surface area contributed by atoms with Crippen molar-refractivity contribution in [3.05, 3.63) is 53.0 Å². The Hall–Kier alpha value is -4.60. The number of benzene rings is 1. The highest BCUT2D eigenvalue weighted by molar-refractivity contribution is 8.01. The summed E-state index contributed by atoms with van der Waals surface area (Å²) in [6, 6.07) is 6.81. The molecule has 2 unspecified atom stereocenters. The number of nitrogen functional groups attached to an aromatic ring is 1. The van der Waals surface area contributed by atoms with Crippen molar-refractivity contribution in [3.63, 3.8) is 0 Å². The molecule has 0 bridgehead atoms. The van der Waals surface area contributed by atoms with Crippen LogP contribution in [0.5, 0.6) is 0 Å². The van der Waals surface area contributed by atoms with Crippen LogP contribution in [-0.4, -0.2) is 104 Å². The van der Waals surface area contributed by atoms with E-state index in [9.17, 15) is 29.4 Å². The predicted octanol–water partition coefficient (Wildman–Crippen LogP) is -0.857. The molecule has 0 spiro atoms. The van der Waals surface area contributed by atoms with Crippen molar-refractivity contribution in [3.8, 4) is 0 Å². The van der Waals surface area contributed by atoms with E-state index in [4.69, 9.17) is 16.3 Å². The molecule has 230 valence electrons. The summed E-state index contributed by atoms with van der Waals surface area (Å²) in [7, 11) is 0. The molecule has 1 fully saturated rings. The molecule has 0 aliphatic carbocycles. The smallest absolute Gasteiger partial charge is 0.352 e. The number of amides is 2. The molecule has 44 heavy (non-hydrogen) atoms. The van der Waals surface area contributed by atoms with Crippen LogP contribution in [0, 0.1) is 0 Å². The predicted molar refractivity (Wildman–Crippen MR) is 156 cm³/mol. The summed E-state index contributed by atoms with van der Waals surface area (Å²) in [5.41, 5.74) is 11.3. The van der Waals surface area contributed by atoms with Crippen LogP contribution in [0.3, 0.4) is 0 Å². The van der Waals surface area contributed by atoms with Gasteiger partial charge in [0.15, 0.2) is 5.13 Å². The fourth-order valence-corrected chi connectivity index (χ4v) is 7.04. The molecule has 2 aliphatic heterocycles. The molecule has 0 saturated carbocycles. The number of hydrogen-bond acceptors (Lipinski definition) is 16. The number of aromatic nitrogens is 6. The molecule has 3 atom stereocenters. The summed E-state index contributed by atoms with van der Waals surface area (Å²) in [6.07, 6.45) is -1.57. The van der Waals surface area contributed by atoms with E-state index in [1.54, 1.807) is 18.2 Å². The number of carbonyl (C=O) groups excluding carboxylic acids is 2. The number of nitrogens with one attached hydrogen (secondary N) is 1. The Labute approximate surface area is 260 Å². The van der Waals surface area contributed by atoms with E-state index >= 15 is 0 Å². The molecule has 1 aromatic carbocycles. The standard InChI is InChI=1S/C23H23N11O7S3/c24-6-7-33-23(28-31-32-33)43-9-11-8-42-19-13(18(36)34(19)14(11)20(37)38)26-17(35)12(16-27-22(25)44-30-16)29-41-15(21(39)40)10-4-2-1-3-5-10/h1-5,13,15,19H,6-9,24H2,(H,26,35)(H,37,38)(H,39,40)(H2,25,27,30)/t13?,15?,19-/m0/s1. The van der Waals surface area contributed by atoms with E-state index in [1.165, 1.54) is 40.3 Å². The fourth-order valence-electron chi connectivity index (χ4n) is 4.22. The molecular weight excluding hydrogens is 639 g/mol. The molecule has 18 nitrogen and oxygen atoms in total. The number of thioether (sulfide) groups is 2. The summed E-state index contributed by atoms with van der Waals surface area (Å²) in [5.74, 6) is -4.08. The lowest BCUT2D eigenvalue weighted by atomic mass is 10.0. The zero-order valence-electron chi connectivity index (χ0n) is 22.3. The number of nitrogens with two attached hydrogens (primary N) is 2. The Bertz CT molecular complexity index is 1640. The number of nitrogens with zero attached hydrogens (tertiary/aromatic N) is 8. The monoisotopic (exact) mass is 661 g/mol. The topological polar surface area (TPSA) is 267 Å². The molecule has 7 N–H and O–H groups in total. The van der Waals surface area contributed by atoms with Gasteiger partial charge >= 0.3 is 11.9 Å². The maximum atomic E-state index is 13.4. The average molecular weight is 662 g/mol. The first kappa shape index (κ1) is 30.8. The van der Waals surface area contributed by atoms with Crippen molar-refractivity contribution in [2.75, 3.05) is 23.8 Å². The number of β-lactam (4-membered cyclic amide) rings is 1. The number of rotatable bonds is 13. The summed E-state index contributed by atoms with van der Waals surface area (Å²) in [6.45, 7) is 0.692. The minimum absolute atomic E-state index is 0.00534. The Morgan fingerprint density at radius 2 is 2.02 bits per heavy atom. The quantitative estimate of drug-likeness (QED) is 0.0645. The van der Waals surface area contributed by atoms with Crippen LogP contribution in [-0.2, 0) is 30.6 Å². The first-order valence-electron chi connectivity index (χ1n) is 12.6. The number of aliphatic carboxylic acids is 2. The highest BCUT2D eigenvalue weighted by Gasteiger charge is 2.54. The van der Waals surface area contributed by atoms with Crippen LogP contribution >= 0.6 is 35.1 Å². The first-order chi connectivity index (χ1) is 21.2. The molecular formula is C23H23N11O7S3. The number of fused-ring (bicyclic) bond motifs is 1. The fraction of sp³-hybridized carbons (Fsp3) is 0.304. The van der Waals surface area contributed by atoms with Crippen LogP contribution < -0.4 is 16.8 Å². The van der Waals surface area contributed by atoms with Gasteiger partial charge in [0.05, 0.1) is 6.54 Å². The summed E-state index contributed by atoms with van der Waals surface area (Å²) in [5, 5.41) is 37.0. The van der Waals surface area contributed by atoms with Crippen molar-refractivity contribution < 1.29 is 34.2 Å². The molecule has 5 rings (SSSR count). The van der Waals surface area contributed by atoms with Gasteiger partial charge in [-0.15, -0.1) is 16.9 Å². The second-order valence-corrected chi connectivity index (χ2v) is 11.8. The third-order valence-corrected chi connectivity index (χ3v) is 9.12. The van der Waals surface area contributed by atoms with Crippen LogP contribution in [0.2, 0.25) is 0 Å². The molecule has 2 aliphatic rings. The van der Waals surface area contributed by atoms with Gasteiger partial charge in [-0.25, -0.2) is 14.3 Å². The van der Waals surface area contributed by atoms with E-state index in [1.807, 2.05) is 0 Å². The molecule has 21 heteroatoms. The highest BCUT2D eigenvalue weighted by Crippen LogP contribution is 2.41. The van der Waals surface area contributed by atoms with Crippen LogP contribution in [0.15, 0.2) is 51.9 Å². The minimum atomic E-state index is -1.57. The van der Waals surface area contributed by atoms with Crippen molar-refractivity contribution in [2.24, 2.45) is 10.9 Å². The number of carboxylic acids is 2. The summed E-state index contributed by atoms with van der Waals surface area (Å²) in [4.78, 5) is 61.0. The Morgan fingerprint density at radius 1 is 1.25 bits per heavy atom. The van der Waals surface area contributed by atoms with Gasteiger partial charge in [-0.1, -0.05) is 47.2 Å². The SMILES string of the molecule is NCCn1nnnc1SCC1=C(C(=O)O)N2C(=O)C(NC(=O)C(=NOC(C(=O)O)c3ccccc3)c3nsc(N)n3)[C@@H]2SC1. The zero-order valence-corrected chi connectivity index (χ0v) is 24.8. The van der Waals surface area contributed by atoms with Crippen LogP contribution in [0.4, 0.5) is 5.13 Å². The second-order valence-electron chi connectivity index (χ2n) is 9.01. The van der Waals surface area contributed by atoms with Gasteiger partial charge in [0.25, 0.3) is 11.8 Å². The summed E-state index contributed by atoms with van der Waals surface area (Å²) >= 11 is 3.23. The Kier molecular flexibility index (Phi) is 9.37. The first-order valence-corrected chi connectivity index (χ1v) is 15.4. The Balaban J connectivity index is 1.33. The van der Waals surface area contributed by atoms with E-state index < -0.39 is 47.0 Å². The zero-order chi connectivity index (χ0) is 31.4. The lowest BCUT2D eigenvalue weighted by Crippen LogP contribution is -2.71. The minimum Gasteiger partial charge on any atom is -0.478 e. The third kappa shape index (κ3) is 6.34. The second kappa shape index (κ2) is 13.4. The van der Waals surface area contributed by atoms with Crippen LogP contribution in [0.1, 0.15) is 17.5 Å². The lowest BCUT2D eigenvalue weighted by molar-refractivity contribution is -0.151. The lowest BCUT2D eigenvalue weighted by Gasteiger charge is -2.49. The van der Waals surface area contributed by atoms with Crippen molar-refractivity contribution >= 4 is 69.7 Å². The van der Waals surface area contributed by atoms with Gasteiger partial charge in [0, 0.05) is 35.1 Å². The molecule has 2 amide bonds. The number of hydrogen-bond donors (Lipinski definition) is 5. The molecule has 1 saturated heterocycles. The average Bonchev–Trinajstić information content (AvgIpc) is 3.65. The maximum absolute atomic E-state index is 13.4. The van der Waals surface area contributed by atoms with Gasteiger partial charge in [-0.2, -0.15) is 9.36 Å².